The van der Waals surface area contributed by atoms with Crippen molar-refractivity contribution in [3.05, 3.63) is 70.8 Å². The molecule has 2 aromatic rings. The van der Waals surface area contributed by atoms with E-state index < -0.39 is 11.2 Å². The van der Waals surface area contributed by atoms with E-state index in [2.05, 4.69) is 6.07 Å². The molecule has 1 atom stereocenters. The molecule has 0 spiro atoms. The number of aryl methyl sites for hydroxylation is 2. The molecule has 1 fully saturated rings. The van der Waals surface area contributed by atoms with Gasteiger partial charge < -0.3 is 10.2 Å². The van der Waals surface area contributed by atoms with Gasteiger partial charge in [-0.3, -0.25) is 0 Å². The Kier molecular flexibility index (Phi) is 4.31. The molecule has 3 rings (SSSR count). The Balaban J connectivity index is 2.21. The summed E-state index contributed by atoms with van der Waals surface area (Å²) in [5, 5.41) is 23.3. The summed E-state index contributed by atoms with van der Waals surface area (Å²) in [7, 11) is 0. The Morgan fingerprint density at radius 1 is 0.913 bits per heavy atom. The highest BCUT2D eigenvalue weighted by atomic mass is 16.4. The van der Waals surface area contributed by atoms with Gasteiger partial charge in [0.15, 0.2) is 0 Å². The van der Waals surface area contributed by atoms with Crippen molar-refractivity contribution in [3.8, 4) is 0 Å². The largest absolute Gasteiger partial charge is 0.386 e. The molecule has 23 heavy (non-hydrogen) atoms. The molecule has 1 aliphatic rings. The van der Waals surface area contributed by atoms with Crippen LogP contribution in [0, 0.1) is 13.8 Å². The second kappa shape index (κ2) is 6.10. The molecule has 0 aromatic heterocycles. The van der Waals surface area contributed by atoms with Gasteiger partial charge in [-0.15, -0.1) is 0 Å². The molecule has 2 heteroatoms. The first-order valence-electron chi connectivity index (χ1n) is 8.55. The molecular formula is C21H26O2. The minimum Gasteiger partial charge on any atom is -0.386 e. The first kappa shape index (κ1) is 16.2. The van der Waals surface area contributed by atoms with Crippen LogP contribution in [0.15, 0.2) is 48.5 Å². The molecule has 2 nitrogen and oxygen atoms in total. The van der Waals surface area contributed by atoms with E-state index >= 15 is 0 Å². The lowest BCUT2D eigenvalue weighted by molar-refractivity contribution is -0.151. The van der Waals surface area contributed by atoms with E-state index in [0.29, 0.717) is 12.8 Å². The van der Waals surface area contributed by atoms with Gasteiger partial charge >= 0.3 is 0 Å². The normalized spacial score (nSPS) is 20.0. The van der Waals surface area contributed by atoms with Crippen LogP contribution in [0.5, 0.6) is 0 Å². The van der Waals surface area contributed by atoms with Crippen LogP contribution < -0.4 is 0 Å². The summed E-state index contributed by atoms with van der Waals surface area (Å²) in [6, 6.07) is 15.7. The van der Waals surface area contributed by atoms with Crippen LogP contribution in [0.25, 0.3) is 0 Å². The first-order valence-corrected chi connectivity index (χ1v) is 8.55. The van der Waals surface area contributed by atoms with Crippen LogP contribution in [0.4, 0.5) is 0 Å². The van der Waals surface area contributed by atoms with Crippen molar-refractivity contribution in [1.82, 2.24) is 0 Å². The van der Waals surface area contributed by atoms with Crippen LogP contribution >= 0.6 is 0 Å². The zero-order chi connectivity index (χ0) is 16.5. The average molecular weight is 310 g/mol. The summed E-state index contributed by atoms with van der Waals surface area (Å²) in [6.45, 7) is 4.07. The summed E-state index contributed by atoms with van der Waals surface area (Å²) >= 11 is 0. The third kappa shape index (κ3) is 2.71. The molecule has 1 aliphatic carbocycles. The summed E-state index contributed by atoms with van der Waals surface area (Å²) in [4.78, 5) is 0. The maximum atomic E-state index is 11.9. The van der Waals surface area contributed by atoms with Crippen molar-refractivity contribution < 1.29 is 10.2 Å². The number of benzene rings is 2. The van der Waals surface area contributed by atoms with Gasteiger partial charge in [0.2, 0.25) is 0 Å². The van der Waals surface area contributed by atoms with Crippen molar-refractivity contribution in [2.45, 2.75) is 57.2 Å². The molecule has 0 saturated heterocycles. The maximum Gasteiger partial charge on any atom is 0.143 e. The highest BCUT2D eigenvalue weighted by Gasteiger charge is 2.52. The molecule has 122 valence electrons. The number of aliphatic hydroxyl groups is 2. The molecule has 1 unspecified atom stereocenters. The second-order valence-corrected chi connectivity index (χ2v) is 6.99. The number of rotatable bonds is 3. The Labute approximate surface area is 138 Å². The van der Waals surface area contributed by atoms with Gasteiger partial charge in [0, 0.05) is 0 Å². The summed E-state index contributed by atoms with van der Waals surface area (Å²) in [5.74, 6) is 0. The summed E-state index contributed by atoms with van der Waals surface area (Å²) < 4.78 is 0. The highest BCUT2D eigenvalue weighted by Crippen LogP contribution is 2.47. The first-order chi connectivity index (χ1) is 11.0. The van der Waals surface area contributed by atoms with Crippen molar-refractivity contribution >= 4 is 0 Å². The smallest absolute Gasteiger partial charge is 0.143 e. The minimum atomic E-state index is -1.37. The molecule has 2 aromatic carbocycles. The fourth-order valence-corrected chi connectivity index (χ4v) is 4.07. The van der Waals surface area contributed by atoms with Gasteiger partial charge in [-0.2, -0.15) is 0 Å². The van der Waals surface area contributed by atoms with Crippen molar-refractivity contribution in [2.75, 3.05) is 0 Å². The molecule has 0 bridgehead atoms. The Morgan fingerprint density at radius 3 is 2.17 bits per heavy atom. The van der Waals surface area contributed by atoms with E-state index in [0.717, 1.165) is 41.5 Å². The van der Waals surface area contributed by atoms with Gasteiger partial charge in [-0.25, -0.2) is 0 Å². The van der Waals surface area contributed by atoms with E-state index in [1.807, 2.05) is 56.3 Å². The van der Waals surface area contributed by atoms with E-state index in [9.17, 15) is 10.2 Å². The van der Waals surface area contributed by atoms with E-state index in [1.165, 1.54) is 0 Å². The molecular weight excluding hydrogens is 284 g/mol. The summed E-state index contributed by atoms with van der Waals surface area (Å²) in [6.07, 6.45) is 4.30. The Hall–Kier alpha value is -1.64. The van der Waals surface area contributed by atoms with Gasteiger partial charge in [0.1, 0.15) is 11.2 Å². The van der Waals surface area contributed by atoms with Crippen LogP contribution in [-0.2, 0) is 5.60 Å². The van der Waals surface area contributed by atoms with Crippen LogP contribution in [0.3, 0.4) is 0 Å². The van der Waals surface area contributed by atoms with Crippen LogP contribution in [0.2, 0.25) is 0 Å². The van der Waals surface area contributed by atoms with Crippen LogP contribution in [-0.4, -0.2) is 15.8 Å². The second-order valence-electron chi connectivity index (χ2n) is 6.99. The predicted molar refractivity (Wildman–Crippen MR) is 93.4 cm³/mol. The molecule has 0 aliphatic heterocycles. The minimum absolute atomic E-state index is 0.631. The molecule has 0 radical (unpaired) electrons. The quantitative estimate of drug-likeness (QED) is 0.890. The Morgan fingerprint density at radius 2 is 1.57 bits per heavy atom. The number of hydrogen-bond acceptors (Lipinski definition) is 2. The van der Waals surface area contributed by atoms with E-state index in [1.54, 1.807) is 0 Å². The van der Waals surface area contributed by atoms with Gasteiger partial charge in [-0.05, 0) is 43.4 Å². The molecule has 1 saturated carbocycles. The van der Waals surface area contributed by atoms with E-state index in [-0.39, 0.29) is 0 Å². The zero-order valence-corrected chi connectivity index (χ0v) is 14.0. The third-order valence-corrected chi connectivity index (χ3v) is 5.32. The van der Waals surface area contributed by atoms with Crippen molar-refractivity contribution in [1.29, 1.82) is 0 Å². The average Bonchev–Trinajstić information content (AvgIpc) is 2.55. The molecule has 2 N–H and O–H groups in total. The summed E-state index contributed by atoms with van der Waals surface area (Å²) in [5.41, 5.74) is 1.29. The fraction of sp³-hybridized carbons (Fsp3) is 0.429. The lowest BCUT2D eigenvalue weighted by Gasteiger charge is -2.47. The lowest BCUT2D eigenvalue weighted by atomic mass is 9.65. The predicted octanol–water partition coefficient (Wildman–Crippen LogP) is 4.23. The fourth-order valence-electron chi connectivity index (χ4n) is 4.07. The highest BCUT2D eigenvalue weighted by molar-refractivity contribution is 5.45. The molecule has 0 heterocycles. The molecule has 0 amide bonds. The van der Waals surface area contributed by atoms with Crippen LogP contribution in [0.1, 0.15) is 54.4 Å². The standard InChI is InChI=1S/C21H26O2/c1-16-11-12-19(17(2)15-16)21(23,18-9-5-3-6-10-18)20(22)13-7-4-8-14-20/h3,5-6,9-12,15,22-23H,4,7-8,13-14H2,1-2H3. The third-order valence-electron chi connectivity index (χ3n) is 5.32. The van der Waals surface area contributed by atoms with E-state index in [4.69, 9.17) is 0 Å². The SMILES string of the molecule is Cc1ccc(C(O)(c2ccccc2)C2(O)CCCCC2)c(C)c1. The zero-order valence-electron chi connectivity index (χ0n) is 14.0. The monoisotopic (exact) mass is 310 g/mol. The van der Waals surface area contributed by atoms with Crippen molar-refractivity contribution in [3.63, 3.8) is 0 Å². The van der Waals surface area contributed by atoms with Gasteiger partial charge in [0.05, 0.1) is 0 Å². The maximum absolute atomic E-state index is 11.9. The Bertz CT molecular complexity index is 671. The van der Waals surface area contributed by atoms with Crippen molar-refractivity contribution in [2.24, 2.45) is 0 Å². The number of hydrogen-bond donors (Lipinski definition) is 2. The lowest BCUT2D eigenvalue weighted by Crippen LogP contribution is -2.54. The van der Waals surface area contributed by atoms with Gasteiger partial charge in [-0.1, -0.05) is 73.4 Å². The van der Waals surface area contributed by atoms with Gasteiger partial charge in [0.25, 0.3) is 0 Å². The topological polar surface area (TPSA) is 40.5 Å².